The maximum absolute atomic E-state index is 15.3. The molecule has 0 radical (unpaired) electrons. The van der Waals surface area contributed by atoms with Gasteiger partial charge in [-0.1, -0.05) is 40.2 Å². The monoisotopic (exact) mass is 512 g/mol. The molecule has 10 heteroatoms. The van der Waals surface area contributed by atoms with Crippen LogP contribution in [0.25, 0.3) is 10.9 Å². The van der Waals surface area contributed by atoms with Crippen molar-refractivity contribution in [3.63, 3.8) is 0 Å². The molecule has 0 bridgehead atoms. The summed E-state index contributed by atoms with van der Waals surface area (Å²) < 4.78 is 53.1. The Morgan fingerprint density at radius 2 is 1.74 bits per heavy atom. The van der Waals surface area contributed by atoms with Crippen molar-refractivity contribution in [1.29, 1.82) is 0 Å². The fourth-order valence-corrected chi connectivity index (χ4v) is 5.23. The molecule has 0 aliphatic rings. The van der Waals surface area contributed by atoms with Gasteiger partial charge in [-0.15, -0.1) is 0 Å². The van der Waals surface area contributed by atoms with Crippen molar-refractivity contribution in [1.82, 2.24) is 4.98 Å². The van der Waals surface area contributed by atoms with Crippen molar-refractivity contribution < 1.29 is 27.2 Å². The second kappa shape index (κ2) is 9.53. The maximum Gasteiger partial charge on any atom is 0.404 e. The third-order valence-corrected chi connectivity index (χ3v) is 7.09. The number of alkyl halides is 2. The fraction of sp³-hybridized carbons (Fsp3) is 0.238. The third-order valence-electron chi connectivity index (χ3n) is 4.31. The van der Waals surface area contributed by atoms with Crippen LogP contribution in [0, 0.1) is 0 Å². The summed E-state index contributed by atoms with van der Waals surface area (Å²) in [5.41, 5.74) is -3.77. The van der Waals surface area contributed by atoms with Crippen LogP contribution < -0.4 is 5.32 Å². The lowest BCUT2D eigenvalue weighted by molar-refractivity contribution is 0.0355. The molecule has 1 amide bonds. The van der Waals surface area contributed by atoms with Gasteiger partial charge in [-0.3, -0.25) is 9.36 Å². The van der Waals surface area contributed by atoms with E-state index in [1.54, 1.807) is 30.3 Å². The number of fused-ring (bicyclic) bond motifs is 1. The molecular formula is C21H20BrF2N2O4P. The molecule has 3 aromatic rings. The van der Waals surface area contributed by atoms with Crippen molar-refractivity contribution in [2.24, 2.45) is 0 Å². The number of halogens is 3. The van der Waals surface area contributed by atoms with Gasteiger partial charge < -0.3 is 14.4 Å². The lowest BCUT2D eigenvalue weighted by atomic mass is 10.1. The number of carbonyl (C=O) groups is 1. The number of benzene rings is 2. The van der Waals surface area contributed by atoms with Crippen LogP contribution in [0.1, 0.15) is 29.9 Å². The summed E-state index contributed by atoms with van der Waals surface area (Å²) in [5, 5.41) is 3.21. The average molecular weight is 513 g/mol. The Hall–Kier alpha value is -2.19. The fourth-order valence-electron chi connectivity index (χ4n) is 2.90. The summed E-state index contributed by atoms with van der Waals surface area (Å²) in [4.78, 5) is 16.7. The first-order valence-corrected chi connectivity index (χ1v) is 11.8. The molecule has 1 N–H and O–H groups in total. The van der Waals surface area contributed by atoms with Gasteiger partial charge in [0.2, 0.25) is 0 Å². The molecule has 0 saturated carbocycles. The van der Waals surface area contributed by atoms with Crippen molar-refractivity contribution >= 4 is 46.0 Å². The number of hydrogen-bond acceptors (Lipinski definition) is 5. The highest BCUT2D eigenvalue weighted by molar-refractivity contribution is 9.10. The highest BCUT2D eigenvalue weighted by Gasteiger charge is 2.55. The lowest BCUT2D eigenvalue weighted by Gasteiger charge is -2.26. The predicted octanol–water partition coefficient (Wildman–Crippen LogP) is 6.57. The molecule has 3 rings (SSSR count). The molecule has 6 nitrogen and oxygen atoms in total. The first kappa shape index (κ1) is 23.5. The highest BCUT2D eigenvalue weighted by Crippen LogP contribution is 2.67. The Bertz CT molecular complexity index is 1130. The Balaban J connectivity index is 2.03. The van der Waals surface area contributed by atoms with Gasteiger partial charge in [0.1, 0.15) is 5.69 Å². The number of carbonyl (C=O) groups excluding carboxylic acids is 1. The molecule has 0 atom stereocenters. The topological polar surface area (TPSA) is 77.5 Å². The minimum absolute atomic E-state index is 0.0212. The van der Waals surface area contributed by atoms with Crippen molar-refractivity contribution in [3.05, 3.63) is 70.3 Å². The molecular weight excluding hydrogens is 493 g/mol. The maximum atomic E-state index is 15.3. The molecule has 0 aliphatic carbocycles. The molecule has 164 valence electrons. The van der Waals surface area contributed by atoms with E-state index in [-0.39, 0.29) is 28.9 Å². The van der Waals surface area contributed by atoms with E-state index < -0.39 is 24.7 Å². The van der Waals surface area contributed by atoms with Gasteiger partial charge >= 0.3 is 13.3 Å². The number of nitrogens with zero attached hydrogens (tertiary/aromatic N) is 1. The number of amides is 1. The van der Waals surface area contributed by atoms with Gasteiger partial charge in [-0.25, -0.2) is 4.98 Å². The van der Waals surface area contributed by atoms with Gasteiger partial charge in [-0.2, -0.15) is 8.78 Å². The SMILES string of the molecule is CCOP(=O)(OCC)C(F)(F)c1cc2nc(C(=O)Nc3ccccc3)ccc2cc1Br. The summed E-state index contributed by atoms with van der Waals surface area (Å²) in [6.07, 6.45) is 0. The van der Waals surface area contributed by atoms with Crippen LogP contribution in [0.2, 0.25) is 0 Å². The van der Waals surface area contributed by atoms with Gasteiger partial charge in [0.25, 0.3) is 5.91 Å². The van der Waals surface area contributed by atoms with E-state index in [0.717, 1.165) is 6.07 Å². The van der Waals surface area contributed by atoms with Crippen LogP contribution in [0.5, 0.6) is 0 Å². The number of para-hydroxylation sites is 1. The van der Waals surface area contributed by atoms with Crippen LogP contribution >= 0.6 is 23.5 Å². The van der Waals surface area contributed by atoms with Gasteiger partial charge in [0.15, 0.2) is 0 Å². The summed E-state index contributed by atoms with van der Waals surface area (Å²) >= 11 is 3.12. The van der Waals surface area contributed by atoms with Crippen molar-refractivity contribution in [2.75, 3.05) is 18.5 Å². The van der Waals surface area contributed by atoms with E-state index >= 15 is 8.78 Å². The molecule has 1 aromatic heterocycles. The molecule has 0 aliphatic heterocycles. The van der Waals surface area contributed by atoms with Crippen molar-refractivity contribution in [3.8, 4) is 0 Å². The highest BCUT2D eigenvalue weighted by atomic mass is 79.9. The molecule has 2 aromatic carbocycles. The Morgan fingerprint density at radius 3 is 2.35 bits per heavy atom. The van der Waals surface area contributed by atoms with E-state index in [1.807, 2.05) is 6.07 Å². The van der Waals surface area contributed by atoms with Crippen LogP contribution in [-0.4, -0.2) is 24.1 Å². The number of pyridine rings is 1. The number of aromatic nitrogens is 1. The molecule has 0 unspecified atom stereocenters. The Kier molecular flexibility index (Phi) is 7.21. The quantitative estimate of drug-likeness (QED) is 0.345. The molecule has 0 fully saturated rings. The number of rotatable bonds is 8. The number of nitrogens with one attached hydrogen (secondary N) is 1. The predicted molar refractivity (Wildman–Crippen MR) is 119 cm³/mol. The zero-order valence-corrected chi connectivity index (χ0v) is 19.3. The van der Waals surface area contributed by atoms with E-state index in [4.69, 9.17) is 9.05 Å². The van der Waals surface area contributed by atoms with E-state index in [0.29, 0.717) is 11.1 Å². The Labute approximate surface area is 186 Å². The number of anilines is 1. The molecule has 1 heterocycles. The number of hydrogen-bond donors (Lipinski definition) is 1. The summed E-state index contributed by atoms with van der Waals surface area (Å²) in [7, 11) is -4.80. The normalized spacial score (nSPS) is 12.2. The first-order valence-electron chi connectivity index (χ1n) is 9.46. The second-order valence-electron chi connectivity index (χ2n) is 6.42. The summed E-state index contributed by atoms with van der Waals surface area (Å²) in [6.45, 7) is 2.49. The zero-order chi connectivity index (χ0) is 22.6. The molecule has 0 saturated heterocycles. The van der Waals surface area contributed by atoms with Gasteiger partial charge in [0, 0.05) is 21.1 Å². The van der Waals surface area contributed by atoms with E-state index in [2.05, 4.69) is 26.2 Å². The van der Waals surface area contributed by atoms with E-state index in [9.17, 15) is 9.36 Å². The average Bonchev–Trinajstić information content (AvgIpc) is 2.73. The molecule has 0 spiro atoms. The zero-order valence-electron chi connectivity index (χ0n) is 16.8. The van der Waals surface area contributed by atoms with Gasteiger partial charge in [0.05, 0.1) is 18.7 Å². The Morgan fingerprint density at radius 1 is 1.10 bits per heavy atom. The van der Waals surface area contributed by atoms with Crippen LogP contribution in [0.4, 0.5) is 14.5 Å². The van der Waals surface area contributed by atoms with E-state index in [1.165, 1.54) is 26.0 Å². The van der Waals surface area contributed by atoms with Crippen LogP contribution in [0.3, 0.4) is 0 Å². The standard InChI is InChI=1S/C21H20BrF2N2O4P/c1-3-29-31(28,30-4-2)21(23,24)16-13-19-14(12-17(16)22)10-11-18(26-19)20(27)25-15-8-6-5-7-9-15/h5-13H,3-4H2,1-2H3,(H,25,27). The largest absolute Gasteiger partial charge is 0.404 e. The molecule has 31 heavy (non-hydrogen) atoms. The first-order chi connectivity index (χ1) is 14.7. The minimum Gasteiger partial charge on any atom is -0.321 e. The van der Waals surface area contributed by atoms with Crippen LogP contribution in [0.15, 0.2) is 59.1 Å². The van der Waals surface area contributed by atoms with Crippen molar-refractivity contribution in [2.45, 2.75) is 19.5 Å². The summed E-state index contributed by atoms with van der Waals surface area (Å²) in [6, 6.07) is 14.4. The smallest absolute Gasteiger partial charge is 0.321 e. The summed E-state index contributed by atoms with van der Waals surface area (Å²) in [5.74, 6) is -0.487. The second-order valence-corrected chi connectivity index (χ2v) is 9.34. The minimum atomic E-state index is -4.80. The third kappa shape index (κ3) is 4.85. The lowest BCUT2D eigenvalue weighted by Crippen LogP contribution is -2.19. The van der Waals surface area contributed by atoms with Crippen LogP contribution in [-0.2, 0) is 19.3 Å². The van der Waals surface area contributed by atoms with Gasteiger partial charge in [-0.05, 0) is 44.2 Å².